The maximum absolute atomic E-state index is 12.3. The maximum Gasteiger partial charge on any atom is 0.354 e. The summed E-state index contributed by atoms with van der Waals surface area (Å²) in [6.45, 7) is 1.79. The smallest absolute Gasteiger partial charge is 0.354 e. The number of carbonyl (C=O) groups excluding carboxylic acids is 2. The zero-order chi connectivity index (χ0) is 20.4. The summed E-state index contributed by atoms with van der Waals surface area (Å²) in [5, 5.41) is 18.3. The second kappa shape index (κ2) is 10.1. The van der Waals surface area contributed by atoms with Crippen molar-refractivity contribution in [3.8, 4) is 17.9 Å². The van der Waals surface area contributed by atoms with Gasteiger partial charge >= 0.3 is 11.9 Å². The van der Waals surface area contributed by atoms with Crippen molar-refractivity contribution in [2.24, 2.45) is 0 Å². The van der Waals surface area contributed by atoms with Crippen LogP contribution in [0.3, 0.4) is 0 Å². The number of ether oxygens (including phenoxy) is 2. The molecule has 0 atom stereocenters. The van der Waals surface area contributed by atoms with Crippen molar-refractivity contribution in [2.45, 2.75) is 6.92 Å². The largest absolute Gasteiger partial charge is 0.462 e. The van der Waals surface area contributed by atoms with Gasteiger partial charge < -0.3 is 9.47 Å². The Bertz CT molecular complexity index is 1010. The minimum absolute atomic E-state index is 0.153. The Morgan fingerprint density at radius 3 is 2.14 bits per heavy atom. The summed E-state index contributed by atoms with van der Waals surface area (Å²) in [6, 6.07) is 18.8. The second-order valence-electron chi connectivity index (χ2n) is 5.43. The fraction of sp³-hybridized carbons (Fsp3) is 0.0909. The van der Waals surface area contributed by atoms with Crippen molar-refractivity contribution in [3.05, 3.63) is 76.9 Å². The molecule has 2 rings (SSSR count). The van der Waals surface area contributed by atoms with Crippen molar-refractivity contribution in [1.29, 1.82) is 10.5 Å². The molecule has 0 bridgehead atoms. The molecule has 0 aliphatic rings. The van der Waals surface area contributed by atoms with Crippen LogP contribution in [-0.2, 0) is 14.3 Å². The van der Waals surface area contributed by atoms with E-state index in [1.807, 2.05) is 12.1 Å². The average Bonchev–Trinajstić information content (AvgIpc) is 2.71. The Morgan fingerprint density at radius 2 is 1.50 bits per heavy atom. The van der Waals surface area contributed by atoms with E-state index in [1.165, 1.54) is 24.3 Å². The topological polar surface area (TPSA) is 100 Å². The predicted octanol–water partition coefficient (Wildman–Crippen LogP) is 3.67. The molecular weight excluding hydrogens is 356 g/mol. The van der Waals surface area contributed by atoms with Gasteiger partial charge in [-0.25, -0.2) is 9.59 Å². The summed E-state index contributed by atoms with van der Waals surface area (Å²) in [4.78, 5) is 24.0. The first-order chi connectivity index (χ1) is 13.6. The molecule has 0 heterocycles. The van der Waals surface area contributed by atoms with Gasteiger partial charge in [0, 0.05) is 0 Å². The van der Waals surface area contributed by atoms with Gasteiger partial charge in [-0.3, -0.25) is 0 Å². The first-order valence-electron chi connectivity index (χ1n) is 8.35. The van der Waals surface area contributed by atoms with E-state index in [0.29, 0.717) is 11.1 Å². The van der Waals surface area contributed by atoms with E-state index in [4.69, 9.17) is 14.7 Å². The van der Waals surface area contributed by atoms with Gasteiger partial charge in [0.2, 0.25) is 0 Å². The van der Waals surface area contributed by atoms with E-state index in [2.05, 4.69) is 0 Å². The van der Waals surface area contributed by atoms with E-state index in [-0.39, 0.29) is 23.5 Å². The minimum Gasteiger partial charge on any atom is -0.462 e. The third kappa shape index (κ3) is 5.69. The molecule has 0 aromatic heterocycles. The maximum atomic E-state index is 12.3. The number of carbonyl (C=O) groups is 2. The lowest BCUT2D eigenvalue weighted by Crippen LogP contribution is -2.10. The van der Waals surface area contributed by atoms with Crippen LogP contribution in [0.5, 0.6) is 5.75 Å². The van der Waals surface area contributed by atoms with Gasteiger partial charge in [-0.15, -0.1) is 0 Å². The lowest BCUT2D eigenvalue weighted by Gasteiger charge is -2.05. The molecule has 0 aliphatic carbocycles. The molecule has 2 aromatic carbocycles. The minimum atomic E-state index is -0.807. The SMILES string of the molecule is CCOC(=O)/C(C#N)=C/c1cccc(OC(=O)/C(C#N)=C/c2ccccc2)c1. The molecule has 0 spiro atoms. The normalized spacial score (nSPS) is 11.1. The van der Waals surface area contributed by atoms with Crippen LogP contribution in [0.15, 0.2) is 65.7 Å². The quantitative estimate of drug-likeness (QED) is 0.332. The van der Waals surface area contributed by atoms with E-state index in [0.717, 1.165) is 0 Å². The summed E-state index contributed by atoms with van der Waals surface area (Å²) >= 11 is 0. The number of esters is 2. The Labute approximate surface area is 162 Å². The molecule has 138 valence electrons. The van der Waals surface area contributed by atoms with Crippen LogP contribution in [0.1, 0.15) is 18.1 Å². The Kier molecular flexibility index (Phi) is 7.27. The van der Waals surface area contributed by atoms with Crippen LogP contribution < -0.4 is 4.74 Å². The van der Waals surface area contributed by atoms with Gasteiger partial charge in [-0.05, 0) is 42.3 Å². The zero-order valence-corrected chi connectivity index (χ0v) is 15.1. The molecule has 0 saturated carbocycles. The molecule has 6 nitrogen and oxygen atoms in total. The highest BCUT2D eigenvalue weighted by molar-refractivity contribution is 5.99. The highest BCUT2D eigenvalue weighted by Crippen LogP contribution is 2.18. The monoisotopic (exact) mass is 372 g/mol. The average molecular weight is 372 g/mol. The number of nitriles is 2. The van der Waals surface area contributed by atoms with Crippen molar-refractivity contribution in [3.63, 3.8) is 0 Å². The van der Waals surface area contributed by atoms with Gasteiger partial charge in [0.25, 0.3) is 0 Å². The number of benzene rings is 2. The molecule has 0 radical (unpaired) electrons. The second-order valence-corrected chi connectivity index (χ2v) is 5.43. The van der Waals surface area contributed by atoms with Crippen LogP contribution in [0.25, 0.3) is 12.2 Å². The molecule has 0 fully saturated rings. The van der Waals surface area contributed by atoms with E-state index in [1.54, 1.807) is 49.4 Å². The third-order valence-corrected chi connectivity index (χ3v) is 3.45. The van der Waals surface area contributed by atoms with Gasteiger partial charge in [0.05, 0.1) is 6.61 Å². The summed E-state index contributed by atoms with van der Waals surface area (Å²) in [5.41, 5.74) is 0.838. The van der Waals surface area contributed by atoms with Gasteiger partial charge in [0.1, 0.15) is 29.0 Å². The molecule has 0 N–H and O–H groups in total. The van der Waals surface area contributed by atoms with Crippen LogP contribution in [0.4, 0.5) is 0 Å². The Hall–Kier alpha value is -4.16. The summed E-state index contributed by atoms with van der Waals surface area (Å²) < 4.78 is 10.1. The van der Waals surface area contributed by atoms with Crippen molar-refractivity contribution >= 4 is 24.1 Å². The zero-order valence-electron chi connectivity index (χ0n) is 15.1. The van der Waals surface area contributed by atoms with E-state index >= 15 is 0 Å². The Morgan fingerprint density at radius 1 is 0.893 bits per heavy atom. The third-order valence-electron chi connectivity index (χ3n) is 3.45. The molecule has 0 amide bonds. The predicted molar refractivity (Wildman–Crippen MR) is 102 cm³/mol. The number of hydrogen-bond acceptors (Lipinski definition) is 6. The highest BCUT2D eigenvalue weighted by Gasteiger charge is 2.13. The summed E-state index contributed by atoms with van der Waals surface area (Å²) in [6.07, 6.45) is 2.76. The summed E-state index contributed by atoms with van der Waals surface area (Å²) in [5.74, 6) is -1.36. The fourth-order valence-corrected chi connectivity index (χ4v) is 2.19. The first kappa shape index (κ1) is 20.2. The highest BCUT2D eigenvalue weighted by atomic mass is 16.5. The lowest BCUT2D eigenvalue weighted by molar-refractivity contribution is -0.138. The molecule has 6 heteroatoms. The van der Waals surface area contributed by atoms with Crippen LogP contribution in [0.2, 0.25) is 0 Å². The van der Waals surface area contributed by atoms with Gasteiger partial charge in [-0.1, -0.05) is 42.5 Å². The van der Waals surface area contributed by atoms with Crippen molar-refractivity contribution < 1.29 is 19.1 Å². The van der Waals surface area contributed by atoms with Gasteiger partial charge in [0.15, 0.2) is 0 Å². The van der Waals surface area contributed by atoms with Gasteiger partial charge in [-0.2, -0.15) is 10.5 Å². The van der Waals surface area contributed by atoms with Crippen LogP contribution in [-0.4, -0.2) is 18.5 Å². The lowest BCUT2D eigenvalue weighted by atomic mass is 10.1. The number of nitrogens with zero attached hydrogens (tertiary/aromatic N) is 2. The molecule has 28 heavy (non-hydrogen) atoms. The van der Waals surface area contributed by atoms with E-state index < -0.39 is 11.9 Å². The summed E-state index contributed by atoms with van der Waals surface area (Å²) in [7, 11) is 0. The first-order valence-corrected chi connectivity index (χ1v) is 8.35. The molecule has 2 aromatic rings. The fourth-order valence-electron chi connectivity index (χ4n) is 2.19. The Balaban J connectivity index is 2.21. The van der Waals surface area contributed by atoms with Crippen LogP contribution >= 0.6 is 0 Å². The molecular formula is C22H16N2O4. The van der Waals surface area contributed by atoms with E-state index in [9.17, 15) is 14.9 Å². The van der Waals surface area contributed by atoms with Crippen molar-refractivity contribution in [2.75, 3.05) is 6.61 Å². The standard InChI is InChI=1S/C22H16N2O4/c1-2-27-21(25)18(14-23)12-17-9-6-10-20(13-17)28-22(26)19(15-24)11-16-7-4-3-5-8-16/h3-13H,2H2,1H3/b18-12+,19-11+. The molecule has 0 saturated heterocycles. The molecule has 0 aliphatic heterocycles. The van der Waals surface area contributed by atoms with Crippen LogP contribution in [0, 0.1) is 22.7 Å². The molecule has 0 unspecified atom stereocenters. The number of hydrogen-bond donors (Lipinski definition) is 0. The van der Waals surface area contributed by atoms with Crippen molar-refractivity contribution in [1.82, 2.24) is 0 Å². The number of rotatable bonds is 6.